The molecule has 31 aromatic carbocycles. The van der Waals surface area contributed by atoms with Crippen LogP contribution in [0.4, 0.5) is 0 Å². The standard InChI is InChI=1S/C93H18O9/c1-3-99-84(95)92-86(97)101-15-9-5-13(6-10-15)83(94)14-7-11-16(12-8-14)102-87(98)93(85(96)100-4-2)89-76-60-44-30-20-18-23-19-17-24(20)34(44)48-36-26(17)21-27-37-45-31(21)29(19)43-33(23)47-35-25(18)22-28-38-46(32(22)30)62(60)78(89)68-52(38)42-53-39(28)49(35)65-63(47)75-59(43)61(45)77-67-51(37)41-54-40(27)50(36)66(64(48)76)80-70(54)74-58-55(41)71(67)81-73(69(53)79(65)90(81,92)88(75,77)92)57(58)56(42)72(68)82(74)91(80,89)93/h5-12H,3-4H2,1-2H3. The number of carbonyl (C=O) groups is 5. The largest absolute Gasteiger partial charge is 0.465 e. The summed E-state index contributed by atoms with van der Waals surface area (Å²) < 4.78 is 28.4. The lowest BCUT2D eigenvalue weighted by Crippen LogP contribution is -2.40. The zero-order chi connectivity index (χ0) is 63.2. The predicted molar refractivity (Wildman–Crippen MR) is 396 cm³/mol. The molecule has 0 amide bonds. The third kappa shape index (κ3) is 2.31. The third-order valence-electron chi connectivity index (χ3n) is 34.4. The van der Waals surface area contributed by atoms with Crippen molar-refractivity contribution in [2.24, 2.45) is 10.8 Å². The van der Waals surface area contributed by atoms with Crippen molar-refractivity contribution in [3.05, 3.63) is 104 Å². The molecular formula is C93H18O9. The SMILES string of the molecule is CCOC(=O)C12C(=O)Oc3ccc(cc3)C(=O)c3ccc(cc3)OC(=O)C3(C(=O)OCC)C45c6c7c8c4c4c9c%10c%11c%12c(c%13c6c6c%14c%15c%16c%17c%18c%19c%20c%21c%22c%23c%24c(c%15c%15c6c%13c6c%12c%12c%13c%11c%11c9c9c4c4c8c(c%17c7%14)c%18c7c%20c8c%14c%21c%17c%23c%18c%24c%15c6c%12c%18c6c%17c%14c(c9c8c47)c%11c%136)C%161C%19%222)C%1035. The molecule has 31 aromatic rings. The van der Waals surface area contributed by atoms with Gasteiger partial charge < -0.3 is 18.9 Å². The summed E-state index contributed by atoms with van der Waals surface area (Å²) in [5, 5.41) is 73.9. The van der Waals surface area contributed by atoms with Crippen molar-refractivity contribution in [3.63, 3.8) is 0 Å². The lowest BCUT2D eigenvalue weighted by atomic mass is 9.67. The van der Waals surface area contributed by atoms with E-state index in [1.165, 1.54) is 291 Å². The Kier molecular flexibility index (Phi) is 4.01. The van der Waals surface area contributed by atoms with E-state index in [0.29, 0.717) is 11.1 Å². The van der Waals surface area contributed by atoms with E-state index in [9.17, 15) is 4.79 Å². The number of ether oxygens (including phenoxy) is 4. The maximum atomic E-state index is 18.1. The van der Waals surface area contributed by atoms with Crippen LogP contribution in [-0.4, -0.2) is 42.9 Å². The van der Waals surface area contributed by atoms with E-state index in [4.69, 9.17) is 18.9 Å². The monoisotopic (exact) mass is 1280 g/mol. The highest BCUT2D eigenvalue weighted by Gasteiger charge is 3.04. The van der Waals surface area contributed by atoms with Gasteiger partial charge in [-0.05, 0) is 419 Å². The maximum absolute atomic E-state index is 18.1. The average molecular weight is 1280 g/mol. The number of rotatable bonds is 4. The van der Waals surface area contributed by atoms with Gasteiger partial charge >= 0.3 is 23.9 Å². The smallest absolute Gasteiger partial charge is 0.331 e. The van der Waals surface area contributed by atoms with Crippen molar-refractivity contribution in [2.45, 2.75) is 35.5 Å². The van der Waals surface area contributed by atoms with Gasteiger partial charge in [-0.1, -0.05) is 0 Å². The van der Waals surface area contributed by atoms with Crippen LogP contribution < -0.4 is 9.47 Å². The van der Waals surface area contributed by atoms with Gasteiger partial charge in [0.05, 0.1) is 34.9 Å². The average Bonchev–Trinajstić information content (AvgIpc) is 1.35. The lowest BCUT2D eigenvalue weighted by molar-refractivity contribution is -0.163. The van der Waals surface area contributed by atoms with Crippen molar-refractivity contribution < 1.29 is 42.9 Å². The van der Waals surface area contributed by atoms with Gasteiger partial charge in [0, 0.05) is 11.1 Å². The first-order chi connectivity index (χ1) is 50.3. The molecule has 0 radical (unpaired) electrons. The molecule has 4 spiro atoms. The Bertz CT molecular complexity index is 9680. The molecule has 0 N–H and O–H groups in total. The molecule has 0 saturated heterocycles. The molecule has 2 fully saturated rings. The minimum absolute atomic E-state index is 0.0486. The van der Waals surface area contributed by atoms with Gasteiger partial charge in [0.2, 0.25) is 0 Å². The summed E-state index contributed by atoms with van der Waals surface area (Å²) in [5.74, 6) is -2.15. The molecule has 10 aliphatic carbocycles. The van der Waals surface area contributed by atoms with Crippen LogP contribution in [0, 0.1) is 10.8 Å². The van der Waals surface area contributed by atoms with E-state index in [1.807, 2.05) is 13.8 Å². The van der Waals surface area contributed by atoms with Gasteiger partial charge in [-0.15, -0.1) is 0 Å². The molecule has 6 aliphatic heterocycles. The van der Waals surface area contributed by atoms with Crippen LogP contribution in [0.15, 0.2) is 48.5 Å². The molecule has 47 rings (SSSR count). The molecule has 444 valence electrons. The summed E-state index contributed by atoms with van der Waals surface area (Å²) in [6.45, 7) is 3.88. The number of hydrogen-bond acceptors (Lipinski definition) is 9. The fraction of sp³-hybridized carbons (Fsp3) is 0.108. The third-order valence-corrected chi connectivity index (χ3v) is 34.4. The Morgan fingerprint density at radius 3 is 0.539 bits per heavy atom. The molecule has 9 heteroatoms. The van der Waals surface area contributed by atoms with E-state index in [2.05, 4.69) is 0 Å². The molecule has 9 nitrogen and oxygen atoms in total. The molecule has 6 unspecified atom stereocenters. The molecule has 6 atom stereocenters. The number of fused-ring (bicyclic) bond motifs is 1. The molecular weight excluding hydrogens is 1260 g/mol. The Hall–Kier alpha value is -12.6. The molecule has 2 saturated carbocycles. The van der Waals surface area contributed by atoms with Gasteiger partial charge in [-0.3, -0.25) is 24.0 Å². The van der Waals surface area contributed by atoms with Crippen LogP contribution in [0.5, 0.6) is 11.5 Å². The zero-order valence-corrected chi connectivity index (χ0v) is 52.2. The lowest BCUT2D eigenvalue weighted by Gasteiger charge is -2.33. The van der Waals surface area contributed by atoms with Crippen molar-refractivity contribution in [1.82, 2.24) is 0 Å². The van der Waals surface area contributed by atoms with E-state index >= 15 is 19.2 Å². The fourth-order valence-electron chi connectivity index (χ4n) is 34.1. The summed E-state index contributed by atoms with van der Waals surface area (Å²) in [7, 11) is 0. The fourth-order valence-corrected chi connectivity index (χ4v) is 34.1. The molecule has 16 aliphatic rings. The quantitative estimate of drug-likeness (QED) is 0.0557. The van der Waals surface area contributed by atoms with Crippen molar-refractivity contribution in [2.75, 3.05) is 13.2 Å². The second-order valence-electron chi connectivity index (χ2n) is 34.8. The van der Waals surface area contributed by atoms with Crippen LogP contribution in [0.1, 0.15) is 74.3 Å². The van der Waals surface area contributed by atoms with Crippen LogP contribution in [0.25, 0.3) is 312 Å². The molecule has 6 heterocycles. The molecule has 16 bridgehead atoms. The highest BCUT2D eigenvalue weighted by atomic mass is 16.6. The normalized spacial score (nSPS) is 26.5. The summed E-state index contributed by atoms with van der Waals surface area (Å²) in [6, 6.07) is 13.7. The number of benzene rings is 23. The summed E-state index contributed by atoms with van der Waals surface area (Å²) in [5.41, 5.74) is 0.112. The van der Waals surface area contributed by atoms with E-state index in [1.54, 1.807) is 48.5 Å². The minimum Gasteiger partial charge on any atom is -0.465 e. The minimum atomic E-state index is -2.02. The first kappa shape index (κ1) is 41.7. The van der Waals surface area contributed by atoms with E-state index < -0.39 is 56.4 Å². The first-order valence-electron chi connectivity index (χ1n) is 36.6. The van der Waals surface area contributed by atoms with Gasteiger partial charge in [0.1, 0.15) is 11.5 Å². The highest BCUT2D eigenvalue weighted by Crippen LogP contribution is 3.00. The van der Waals surface area contributed by atoms with Crippen LogP contribution in [-0.2, 0) is 50.3 Å². The van der Waals surface area contributed by atoms with Crippen LogP contribution >= 0.6 is 0 Å². The van der Waals surface area contributed by atoms with Crippen molar-refractivity contribution in [1.29, 1.82) is 0 Å². The first-order valence-corrected chi connectivity index (χ1v) is 36.6. The summed E-state index contributed by atoms with van der Waals surface area (Å²) in [6.07, 6.45) is 0. The van der Waals surface area contributed by atoms with Gasteiger partial charge in [-0.25, -0.2) is 0 Å². The van der Waals surface area contributed by atoms with Crippen LogP contribution in [0.3, 0.4) is 0 Å². The van der Waals surface area contributed by atoms with Gasteiger partial charge in [-0.2, -0.15) is 0 Å². The van der Waals surface area contributed by atoms with E-state index in [0.717, 1.165) is 66.1 Å². The number of ketones is 1. The second kappa shape index (κ2) is 9.81. The second-order valence-corrected chi connectivity index (χ2v) is 34.8. The topological polar surface area (TPSA) is 122 Å². The molecule has 0 aromatic heterocycles. The van der Waals surface area contributed by atoms with Gasteiger partial charge in [0.25, 0.3) is 0 Å². The number of hydrogen-bond donors (Lipinski definition) is 0. The van der Waals surface area contributed by atoms with Gasteiger partial charge in [0.15, 0.2) is 16.6 Å². The van der Waals surface area contributed by atoms with E-state index in [-0.39, 0.29) is 30.5 Å². The summed E-state index contributed by atoms with van der Waals surface area (Å²) >= 11 is 0. The molecule has 102 heavy (non-hydrogen) atoms. The number of carbonyl (C=O) groups excluding carboxylic acids is 5. The Morgan fingerprint density at radius 1 is 0.245 bits per heavy atom. The Balaban J connectivity index is 0.939. The van der Waals surface area contributed by atoms with Crippen molar-refractivity contribution in [3.8, 4) is 11.5 Å². The van der Waals surface area contributed by atoms with Crippen LogP contribution in [0.2, 0.25) is 0 Å². The highest BCUT2D eigenvalue weighted by molar-refractivity contribution is 6.81. The van der Waals surface area contributed by atoms with Crippen molar-refractivity contribution >= 4 is 342 Å². The Morgan fingerprint density at radius 2 is 0.392 bits per heavy atom. The Labute approximate surface area is 556 Å². The predicted octanol–water partition coefficient (Wildman–Crippen LogP) is 19.7. The maximum Gasteiger partial charge on any atom is 0.331 e. The summed E-state index contributed by atoms with van der Waals surface area (Å²) in [4.78, 5) is 86.7. The zero-order valence-electron chi connectivity index (χ0n) is 52.2. The number of esters is 4.